The van der Waals surface area contributed by atoms with Crippen LogP contribution in [0.2, 0.25) is 0 Å². The summed E-state index contributed by atoms with van der Waals surface area (Å²) in [5.74, 6) is 0. The number of halogens is 6. The quantitative estimate of drug-likeness (QED) is 0.282. The van der Waals surface area contributed by atoms with Gasteiger partial charge in [0, 0.05) is 38.2 Å². The molecule has 3 heterocycles. The van der Waals surface area contributed by atoms with Gasteiger partial charge in [-0.25, -0.2) is 4.98 Å². The molecule has 16 heteroatoms. The molecule has 0 N–H and O–H groups in total. The van der Waals surface area contributed by atoms with E-state index < -0.39 is 57.3 Å². The average Bonchev–Trinajstić information content (AvgIpc) is 2.78. The number of benzene rings is 1. The number of piperidine rings is 1. The fraction of sp³-hybridized carbons (Fsp3) is 0.368. The zero-order chi connectivity index (χ0) is 25.5. The maximum Gasteiger partial charge on any atom is 0.433 e. The van der Waals surface area contributed by atoms with Crippen molar-refractivity contribution in [2.45, 2.75) is 31.3 Å². The topological polar surface area (TPSA) is 111 Å². The zero-order valence-corrected chi connectivity index (χ0v) is 18.1. The van der Waals surface area contributed by atoms with Crippen molar-refractivity contribution in [2.24, 2.45) is 0 Å². The van der Waals surface area contributed by atoms with Crippen molar-refractivity contribution >= 4 is 32.2 Å². The minimum absolute atomic E-state index is 0.0686. The molecular weight excluding hydrogens is 508 g/mol. The molecule has 35 heavy (non-hydrogen) atoms. The van der Waals surface area contributed by atoms with Gasteiger partial charge in [0.2, 0.25) is 0 Å². The summed E-state index contributed by atoms with van der Waals surface area (Å²) in [5, 5.41) is 11.0. The van der Waals surface area contributed by atoms with Gasteiger partial charge in [-0.3, -0.25) is 14.9 Å². The zero-order valence-electron chi connectivity index (χ0n) is 17.3. The molecule has 0 spiro atoms. The molecular formula is C19H13F6N5O4S. The van der Waals surface area contributed by atoms with E-state index in [1.165, 1.54) is 0 Å². The molecule has 2 aromatic heterocycles. The molecule has 1 fully saturated rings. The second-order valence-corrected chi connectivity index (χ2v) is 8.43. The first-order valence-electron chi connectivity index (χ1n) is 9.85. The van der Waals surface area contributed by atoms with E-state index in [1.54, 1.807) is 4.90 Å². The van der Waals surface area contributed by atoms with Gasteiger partial charge in [0.25, 0.3) is 11.2 Å². The first-order valence-corrected chi connectivity index (χ1v) is 10.7. The third kappa shape index (κ3) is 5.26. The molecule has 0 saturated carbocycles. The summed E-state index contributed by atoms with van der Waals surface area (Å²) in [6.45, 7) is 0.430. The molecule has 0 bridgehead atoms. The Kier molecular flexibility index (Phi) is 6.25. The van der Waals surface area contributed by atoms with Gasteiger partial charge >= 0.3 is 18.4 Å². The van der Waals surface area contributed by atoms with Crippen LogP contribution >= 0.6 is 11.3 Å². The van der Waals surface area contributed by atoms with Gasteiger partial charge in [0.05, 0.1) is 15.9 Å². The highest BCUT2D eigenvalue weighted by Crippen LogP contribution is 2.38. The molecule has 0 amide bonds. The van der Waals surface area contributed by atoms with Crippen LogP contribution in [0.5, 0.6) is 6.01 Å². The summed E-state index contributed by atoms with van der Waals surface area (Å²) < 4.78 is 82.9. The molecule has 0 unspecified atom stereocenters. The number of nitrogens with zero attached hydrogens (tertiary/aromatic N) is 5. The molecule has 9 nitrogen and oxygen atoms in total. The maximum absolute atomic E-state index is 13.1. The summed E-state index contributed by atoms with van der Waals surface area (Å²) in [4.78, 5) is 35.3. The van der Waals surface area contributed by atoms with Crippen LogP contribution in [0.25, 0.3) is 10.1 Å². The summed E-state index contributed by atoms with van der Waals surface area (Å²) >= 11 is 0.707. The third-order valence-corrected chi connectivity index (χ3v) is 6.29. The lowest BCUT2D eigenvalue weighted by Gasteiger charge is -2.31. The first kappa shape index (κ1) is 24.6. The summed E-state index contributed by atoms with van der Waals surface area (Å²) in [5.41, 5.74) is -4.38. The van der Waals surface area contributed by atoms with Crippen molar-refractivity contribution in [3.63, 3.8) is 0 Å². The van der Waals surface area contributed by atoms with Crippen LogP contribution in [0.15, 0.2) is 29.2 Å². The molecule has 1 aliphatic rings. The minimum atomic E-state index is -4.89. The van der Waals surface area contributed by atoms with Crippen molar-refractivity contribution in [1.82, 2.24) is 15.0 Å². The van der Waals surface area contributed by atoms with E-state index in [4.69, 9.17) is 4.74 Å². The SMILES string of the molecule is O=c1nc(N2CCC(Oc3nccc(C(F)(F)F)n3)CC2)sc2c([N+](=O)[O-])cc(C(F)(F)F)cc12. The fourth-order valence-electron chi connectivity index (χ4n) is 3.44. The van der Waals surface area contributed by atoms with E-state index in [-0.39, 0.29) is 35.8 Å². The number of non-ortho nitro benzene ring substituents is 1. The van der Waals surface area contributed by atoms with Gasteiger partial charge in [0.15, 0.2) is 10.8 Å². The Hall–Kier alpha value is -3.56. The van der Waals surface area contributed by atoms with Gasteiger partial charge in [-0.1, -0.05) is 11.3 Å². The highest BCUT2D eigenvalue weighted by atomic mass is 32.1. The highest BCUT2D eigenvalue weighted by molar-refractivity contribution is 7.22. The predicted molar refractivity (Wildman–Crippen MR) is 110 cm³/mol. The smallest absolute Gasteiger partial charge is 0.433 e. The van der Waals surface area contributed by atoms with E-state index >= 15 is 0 Å². The van der Waals surface area contributed by atoms with Crippen molar-refractivity contribution < 1.29 is 36.0 Å². The maximum atomic E-state index is 13.1. The van der Waals surface area contributed by atoms with Crippen molar-refractivity contribution in [3.8, 4) is 6.01 Å². The number of anilines is 1. The molecule has 0 radical (unpaired) electrons. The van der Waals surface area contributed by atoms with Gasteiger partial charge in [-0.15, -0.1) is 0 Å². The Morgan fingerprint density at radius 3 is 2.37 bits per heavy atom. The molecule has 1 aliphatic heterocycles. The van der Waals surface area contributed by atoms with Crippen LogP contribution in [0.1, 0.15) is 24.1 Å². The number of aromatic nitrogens is 3. The predicted octanol–water partition coefficient (Wildman–Crippen LogP) is 4.44. The first-order chi connectivity index (χ1) is 16.3. The van der Waals surface area contributed by atoms with Gasteiger partial charge < -0.3 is 9.64 Å². The third-order valence-electron chi connectivity index (χ3n) is 5.12. The van der Waals surface area contributed by atoms with Gasteiger partial charge in [-0.05, 0) is 12.1 Å². The fourth-order valence-corrected chi connectivity index (χ4v) is 4.56. The molecule has 0 aliphatic carbocycles. The molecule has 3 aromatic rings. The van der Waals surface area contributed by atoms with E-state index in [1.807, 2.05) is 0 Å². The number of hydrogen-bond donors (Lipinski definition) is 0. The summed E-state index contributed by atoms with van der Waals surface area (Å²) in [7, 11) is 0. The lowest BCUT2D eigenvalue weighted by atomic mass is 10.1. The standard InChI is InChI=1S/C19H13F6N5O4S/c20-18(21,22)9-7-11-14(12(8-9)30(32)33)35-17(28-15(11)31)29-5-2-10(3-6-29)34-16-26-4-1-13(27-16)19(23,24)25/h1,4,7-8,10H,2-3,5-6H2. The Bertz CT molecular complexity index is 1340. The average molecular weight is 521 g/mol. The van der Waals surface area contributed by atoms with Crippen molar-refractivity contribution in [3.05, 3.63) is 56.1 Å². The lowest BCUT2D eigenvalue weighted by molar-refractivity contribution is -0.383. The second kappa shape index (κ2) is 8.90. The Morgan fingerprint density at radius 1 is 1.09 bits per heavy atom. The van der Waals surface area contributed by atoms with Crippen LogP contribution in [-0.2, 0) is 12.4 Å². The molecule has 0 atom stereocenters. The molecule has 4 rings (SSSR count). The van der Waals surface area contributed by atoms with E-state index in [0.717, 1.165) is 6.20 Å². The van der Waals surface area contributed by atoms with Gasteiger partial charge in [0.1, 0.15) is 10.8 Å². The van der Waals surface area contributed by atoms with Crippen LogP contribution in [0.3, 0.4) is 0 Å². The number of rotatable bonds is 4. The van der Waals surface area contributed by atoms with Crippen molar-refractivity contribution in [1.29, 1.82) is 0 Å². The number of ether oxygens (including phenoxy) is 1. The molecule has 186 valence electrons. The van der Waals surface area contributed by atoms with Crippen LogP contribution in [0, 0.1) is 10.1 Å². The number of fused-ring (bicyclic) bond motifs is 1. The number of nitro benzene ring substituents is 1. The Morgan fingerprint density at radius 2 is 1.77 bits per heavy atom. The Balaban J connectivity index is 1.55. The summed E-state index contributed by atoms with van der Waals surface area (Å²) in [6.07, 6.45) is -8.62. The molecule has 1 saturated heterocycles. The van der Waals surface area contributed by atoms with Crippen molar-refractivity contribution in [2.75, 3.05) is 18.0 Å². The minimum Gasteiger partial charge on any atom is -0.460 e. The monoisotopic (exact) mass is 521 g/mol. The largest absolute Gasteiger partial charge is 0.460 e. The normalized spacial score (nSPS) is 15.4. The van der Waals surface area contributed by atoms with E-state index in [0.29, 0.717) is 29.5 Å². The number of nitro groups is 1. The van der Waals surface area contributed by atoms with Crippen LogP contribution in [-0.4, -0.2) is 39.1 Å². The second-order valence-electron chi connectivity index (χ2n) is 7.45. The molecule has 1 aromatic carbocycles. The number of alkyl halides is 6. The Labute approximate surface area is 195 Å². The van der Waals surface area contributed by atoms with E-state index in [9.17, 15) is 41.3 Å². The van der Waals surface area contributed by atoms with Crippen LogP contribution < -0.4 is 15.2 Å². The number of hydrogen-bond acceptors (Lipinski definition) is 9. The van der Waals surface area contributed by atoms with Crippen LogP contribution in [0.4, 0.5) is 37.2 Å². The lowest BCUT2D eigenvalue weighted by Crippen LogP contribution is -2.39. The highest BCUT2D eigenvalue weighted by Gasteiger charge is 2.35. The van der Waals surface area contributed by atoms with Gasteiger partial charge in [-0.2, -0.15) is 36.3 Å². The van der Waals surface area contributed by atoms with E-state index in [2.05, 4.69) is 15.0 Å². The summed E-state index contributed by atoms with van der Waals surface area (Å²) in [6, 6.07) is 1.17.